The molecule has 0 saturated heterocycles. The molecule has 7 rings (SSSR count). The molecule has 6 atom stereocenters. The van der Waals surface area contributed by atoms with E-state index in [0.29, 0.717) is 55.6 Å². The summed E-state index contributed by atoms with van der Waals surface area (Å²) in [5, 5.41) is 4.95. The van der Waals surface area contributed by atoms with Gasteiger partial charge in [-0.05, 0) is 111 Å². The minimum absolute atomic E-state index is 0.00470. The number of allylic oxidation sites excluding steroid dienone is 1. The highest BCUT2D eigenvalue weighted by Crippen LogP contribution is 2.47. The van der Waals surface area contributed by atoms with E-state index in [1.807, 2.05) is 31.3 Å². The second-order valence-electron chi connectivity index (χ2n) is 14.1. The summed E-state index contributed by atoms with van der Waals surface area (Å²) < 4.78 is 35.6. The van der Waals surface area contributed by atoms with Crippen molar-refractivity contribution in [2.75, 3.05) is 30.9 Å². The Morgan fingerprint density at radius 2 is 1.98 bits per heavy atom. The average molecular weight is 720 g/mol. The number of aromatic nitrogens is 2. The Labute approximate surface area is 299 Å². The first-order valence-electron chi connectivity index (χ1n) is 17.8. The summed E-state index contributed by atoms with van der Waals surface area (Å²) in [5.74, 6) is 0.149. The van der Waals surface area contributed by atoms with E-state index in [1.54, 1.807) is 24.1 Å². The largest absolute Gasteiger partial charge is 0.491 e. The van der Waals surface area contributed by atoms with Gasteiger partial charge < -0.3 is 14.4 Å². The lowest BCUT2D eigenvalue weighted by atomic mass is 9.70. The first-order chi connectivity index (χ1) is 24.2. The topological polar surface area (TPSA) is 115 Å². The highest BCUT2D eigenvalue weighted by Gasteiger charge is 2.46. The molecule has 10 nitrogen and oxygen atoms in total. The van der Waals surface area contributed by atoms with Crippen LogP contribution in [0.3, 0.4) is 0 Å². The number of fused-ring (bicyclic) bond motifs is 3. The number of ether oxygens (including phenoxy) is 2. The fourth-order valence-corrected chi connectivity index (χ4v) is 9.54. The van der Waals surface area contributed by atoms with Gasteiger partial charge in [-0.1, -0.05) is 29.8 Å². The molecule has 266 valence electrons. The molecule has 12 heteroatoms. The normalized spacial score (nSPS) is 29.1. The molecule has 2 bridgehead atoms. The molecule has 0 spiro atoms. The van der Waals surface area contributed by atoms with Crippen LogP contribution < -0.4 is 14.4 Å². The molecule has 1 N–H and O–H groups in total. The van der Waals surface area contributed by atoms with Crippen LogP contribution >= 0.6 is 11.6 Å². The monoisotopic (exact) mass is 719 g/mol. The lowest BCUT2D eigenvalue weighted by molar-refractivity contribution is -0.120. The Morgan fingerprint density at radius 1 is 1.10 bits per heavy atom. The molecule has 2 saturated carbocycles. The number of carbonyl (C=O) groups excluding carboxylic acids is 2. The molecule has 3 aromatic rings. The van der Waals surface area contributed by atoms with Crippen LogP contribution in [-0.2, 0) is 39.5 Å². The van der Waals surface area contributed by atoms with Crippen LogP contribution in [0.15, 0.2) is 65.2 Å². The molecule has 1 unspecified atom stereocenters. The number of hydrogen-bond acceptors (Lipinski definition) is 7. The van der Waals surface area contributed by atoms with Crippen molar-refractivity contribution in [3.05, 3.63) is 88.2 Å². The number of anilines is 1. The molecule has 0 radical (unpaired) electrons. The molecular weight excluding hydrogens is 674 g/mol. The van der Waals surface area contributed by atoms with Crippen LogP contribution in [-0.4, -0.2) is 57.9 Å². The number of aryl methyl sites for hydroxylation is 2. The molecule has 1 aromatic heterocycles. The third kappa shape index (κ3) is 7.65. The SMILES string of the molecule is CO[C@H]1/C=C/CCCS(=O)(NC(=O)[C@H]2C[C@@H]2c2ccnn2C)=NC(=O)c2ccc3c(c2)N(Cc2ccc(Cl)cc2CCCCO3)C[C@@H]2CC[C@H]21. The molecular formula is C38H46ClN5O5S. The fraction of sp³-hybridized carbons (Fsp3) is 0.500. The highest BCUT2D eigenvalue weighted by atomic mass is 35.5. The lowest BCUT2D eigenvalue weighted by Gasteiger charge is -2.43. The van der Waals surface area contributed by atoms with Gasteiger partial charge in [0.05, 0.1) is 24.2 Å². The van der Waals surface area contributed by atoms with Crippen molar-refractivity contribution in [2.45, 2.75) is 69.9 Å². The van der Waals surface area contributed by atoms with Gasteiger partial charge >= 0.3 is 0 Å². The van der Waals surface area contributed by atoms with Crippen LogP contribution in [0.5, 0.6) is 5.75 Å². The van der Waals surface area contributed by atoms with Crippen LogP contribution in [0, 0.1) is 17.8 Å². The molecule has 3 heterocycles. The maximum Gasteiger partial charge on any atom is 0.286 e. The third-order valence-electron chi connectivity index (χ3n) is 10.8. The highest BCUT2D eigenvalue weighted by molar-refractivity contribution is 7.92. The van der Waals surface area contributed by atoms with Crippen molar-refractivity contribution in [2.24, 2.45) is 29.2 Å². The average Bonchev–Trinajstić information content (AvgIpc) is 3.77. The van der Waals surface area contributed by atoms with Gasteiger partial charge in [0, 0.05) is 61.6 Å². The van der Waals surface area contributed by atoms with E-state index in [-0.39, 0.29) is 29.6 Å². The number of nitrogens with one attached hydrogen (secondary N) is 1. The fourth-order valence-electron chi connectivity index (χ4n) is 7.71. The van der Waals surface area contributed by atoms with Crippen molar-refractivity contribution in [3.8, 4) is 5.75 Å². The summed E-state index contributed by atoms with van der Waals surface area (Å²) in [5.41, 5.74) is 4.46. The third-order valence-corrected chi connectivity index (χ3v) is 12.8. The minimum atomic E-state index is -3.43. The van der Waals surface area contributed by atoms with Gasteiger partial charge in [0.15, 0.2) is 0 Å². The number of methoxy groups -OCH3 is 1. The van der Waals surface area contributed by atoms with Gasteiger partial charge in [0.1, 0.15) is 15.7 Å². The first kappa shape index (κ1) is 34.8. The number of hydrogen-bond donors (Lipinski definition) is 1. The van der Waals surface area contributed by atoms with Crippen LogP contribution in [0.25, 0.3) is 0 Å². The zero-order chi connectivity index (χ0) is 34.8. The molecule has 4 aliphatic rings. The second-order valence-corrected chi connectivity index (χ2v) is 16.6. The summed E-state index contributed by atoms with van der Waals surface area (Å²) in [6, 6.07) is 13.4. The quantitative estimate of drug-likeness (QED) is 0.301. The zero-order valence-corrected chi connectivity index (χ0v) is 30.3. The Kier molecular flexibility index (Phi) is 10.4. The number of benzene rings is 2. The van der Waals surface area contributed by atoms with Crippen LogP contribution in [0.1, 0.15) is 78.0 Å². The summed E-state index contributed by atoms with van der Waals surface area (Å²) in [6.45, 7) is 1.90. The number of halogens is 1. The van der Waals surface area contributed by atoms with Crippen molar-refractivity contribution in [3.63, 3.8) is 0 Å². The van der Waals surface area contributed by atoms with E-state index in [4.69, 9.17) is 21.1 Å². The second kappa shape index (κ2) is 14.9. The zero-order valence-electron chi connectivity index (χ0n) is 28.8. The van der Waals surface area contributed by atoms with Gasteiger partial charge in [-0.3, -0.25) is 19.0 Å². The van der Waals surface area contributed by atoms with E-state index in [1.165, 1.54) is 11.1 Å². The number of amides is 2. The Morgan fingerprint density at radius 3 is 2.76 bits per heavy atom. The lowest BCUT2D eigenvalue weighted by Crippen LogP contribution is -2.43. The van der Waals surface area contributed by atoms with E-state index in [0.717, 1.165) is 55.1 Å². The first-order valence-corrected chi connectivity index (χ1v) is 19.8. The van der Waals surface area contributed by atoms with Crippen molar-refractivity contribution >= 4 is 39.0 Å². The molecule has 2 aliphatic carbocycles. The van der Waals surface area contributed by atoms with Gasteiger partial charge in [0.2, 0.25) is 5.91 Å². The molecule has 2 fully saturated rings. The van der Waals surface area contributed by atoms with Gasteiger partial charge in [-0.2, -0.15) is 5.10 Å². The maximum absolute atomic E-state index is 14.4. The maximum atomic E-state index is 14.4. The van der Waals surface area contributed by atoms with Gasteiger partial charge in [-0.25, -0.2) is 4.21 Å². The van der Waals surface area contributed by atoms with Gasteiger partial charge in [-0.15, -0.1) is 4.36 Å². The standard InChI is InChI=1S/C38H46ClN5O5S/c1-43-33(16-17-40-43)31-22-32(31)38(46)42-50(47)19-7-3-4-9-35(48-2)30-14-11-28(30)24-44-23-27-10-13-29(39)20-25(27)8-5-6-18-49-36-15-12-26(21-34(36)44)37(45)41-50/h4,9-10,12-13,15-17,20-21,28,30-32,35H,3,5-8,11,14,18-19,22-24H2,1-2H3,(H,41,42,45,46,47)/b9-4+/t28-,30+,31-,32-,35-,50?/m0/s1. The summed E-state index contributed by atoms with van der Waals surface area (Å²) in [6.07, 6.45) is 12.5. The van der Waals surface area contributed by atoms with E-state index in [9.17, 15) is 13.8 Å². The predicted octanol–water partition coefficient (Wildman–Crippen LogP) is 6.63. The Balaban J connectivity index is 1.26. The molecule has 2 aliphatic heterocycles. The van der Waals surface area contributed by atoms with E-state index >= 15 is 0 Å². The number of nitrogens with zero attached hydrogens (tertiary/aromatic N) is 4. The summed E-state index contributed by atoms with van der Waals surface area (Å²) in [4.78, 5) is 29.7. The van der Waals surface area contributed by atoms with Gasteiger partial charge in [0.25, 0.3) is 5.91 Å². The molecule has 2 aromatic carbocycles. The number of carbonyl (C=O) groups is 2. The molecule has 50 heavy (non-hydrogen) atoms. The van der Waals surface area contributed by atoms with Crippen LogP contribution in [0.4, 0.5) is 5.69 Å². The van der Waals surface area contributed by atoms with Crippen LogP contribution in [0.2, 0.25) is 5.02 Å². The van der Waals surface area contributed by atoms with Crippen molar-refractivity contribution < 1.29 is 23.3 Å². The van der Waals surface area contributed by atoms with E-state index in [2.05, 4.69) is 43.4 Å². The predicted molar refractivity (Wildman–Crippen MR) is 195 cm³/mol. The summed E-state index contributed by atoms with van der Waals surface area (Å²) >= 11 is 6.46. The Bertz CT molecular complexity index is 1900. The molecule has 2 amide bonds. The van der Waals surface area contributed by atoms with Crippen molar-refractivity contribution in [1.29, 1.82) is 0 Å². The smallest absolute Gasteiger partial charge is 0.286 e. The number of rotatable bonds is 4. The minimum Gasteiger partial charge on any atom is -0.491 e. The van der Waals surface area contributed by atoms with E-state index < -0.39 is 15.8 Å². The summed E-state index contributed by atoms with van der Waals surface area (Å²) in [7, 11) is 0.180. The van der Waals surface area contributed by atoms with Crippen molar-refractivity contribution in [1.82, 2.24) is 14.5 Å². The Hall–Kier alpha value is -3.67.